The minimum Gasteiger partial charge on any atom is -0.472 e. The van der Waals surface area contributed by atoms with Gasteiger partial charge >= 0.3 is 0 Å². The third-order valence-corrected chi connectivity index (χ3v) is 3.16. The predicted octanol–water partition coefficient (Wildman–Crippen LogP) is 3.25. The Morgan fingerprint density at radius 3 is 2.57 bits per heavy atom. The van der Waals surface area contributed by atoms with Gasteiger partial charge in [0.25, 0.3) is 0 Å². The van der Waals surface area contributed by atoms with Crippen LogP contribution in [-0.4, -0.2) is 30.8 Å². The quantitative estimate of drug-likeness (QED) is 0.759. The first-order valence-corrected chi connectivity index (χ1v) is 7.86. The molecule has 0 saturated heterocycles. The highest BCUT2D eigenvalue weighted by atomic mass is 16.5. The van der Waals surface area contributed by atoms with Crippen molar-refractivity contribution in [2.24, 2.45) is 5.92 Å². The van der Waals surface area contributed by atoms with Gasteiger partial charge in [-0.3, -0.25) is 0 Å². The van der Waals surface area contributed by atoms with Gasteiger partial charge in [0.15, 0.2) is 0 Å². The summed E-state index contributed by atoms with van der Waals surface area (Å²) in [6.07, 6.45) is 0.00231. The lowest BCUT2D eigenvalue weighted by Gasteiger charge is -2.19. The fourth-order valence-electron chi connectivity index (χ4n) is 2.14. The number of aryl methyl sites for hydroxylation is 2. The molecule has 1 atom stereocenters. The smallest absolute Gasteiger partial charge is 0.218 e. The summed E-state index contributed by atoms with van der Waals surface area (Å²) in [6.45, 7) is 15.6. The van der Waals surface area contributed by atoms with E-state index in [1.165, 1.54) is 5.56 Å². The molecule has 0 aromatic carbocycles. The fraction of sp³-hybridized carbons (Fsp3) is 0.706. The molecule has 1 N–H and O–H groups in total. The third kappa shape index (κ3) is 6.44. The number of aromatic nitrogens is 1. The van der Waals surface area contributed by atoms with Gasteiger partial charge in [-0.2, -0.15) is 0 Å². The van der Waals surface area contributed by atoms with Gasteiger partial charge in [0.1, 0.15) is 6.10 Å². The second-order valence-corrected chi connectivity index (χ2v) is 5.98. The van der Waals surface area contributed by atoms with Crippen LogP contribution in [0.25, 0.3) is 0 Å². The minimum absolute atomic E-state index is 0.00231. The second kappa shape index (κ2) is 9.00. The normalized spacial score (nSPS) is 12.7. The highest BCUT2D eigenvalue weighted by Gasteiger charge is 2.13. The van der Waals surface area contributed by atoms with Crippen molar-refractivity contribution in [1.82, 2.24) is 10.3 Å². The molecule has 1 rings (SSSR count). The summed E-state index contributed by atoms with van der Waals surface area (Å²) in [7, 11) is 0. The van der Waals surface area contributed by atoms with E-state index in [1.807, 2.05) is 20.8 Å². The van der Waals surface area contributed by atoms with E-state index in [0.717, 1.165) is 30.2 Å². The molecule has 0 aliphatic carbocycles. The van der Waals surface area contributed by atoms with Crippen LogP contribution < -0.4 is 10.1 Å². The SMILES string of the molecule is CCOCC(C)Oc1nc(C)cc(C)c1CNCC(C)C. The highest BCUT2D eigenvalue weighted by Crippen LogP contribution is 2.22. The first-order valence-electron chi connectivity index (χ1n) is 7.86. The summed E-state index contributed by atoms with van der Waals surface area (Å²) in [5, 5.41) is 3.47. The molecule has 0 aliphatic rings. The molecular weight excluding hydrogens is 264 g/mol. The lowest BCUT2D eigenvalue weighted by molar-refractivity contribution is 0.0626. The molecule has 4 heteroatoms. The van der Waals surface area contributed by atoms with Gasteiger partial charge in [0, 0.05) is 24.4 Å². The van der Waals surface area contributed by atoms with Crippen LogP contribution in [0.2, 0.25) is 0 Å². The van der Waals surface area contributed by atoms with E-state index in [1.54, 1.807) is 0 Å². The van der Waals surface area contributed by atoms with Crippen LogP contribution in [0.1, 0.15) is 44.5 Å². The number of nitrogens with one attached hydrogen (secondary N) is 1. The van der Waals surface area contributed by atoms with Crippen molar-refractivity contribution in [1.29, 1.82) is 0 Å². The molecule has 120 valence electrons. The van der Waals surface area contributed by atoms with Gasteiger partial charge in [-0.1, -0.05) is 13.8 Å². The molecule has 0 radical (unpaired) electrons. The molecule has 0 amide bonds. The largest absolute Gasteiger partial charge is 0.472 e. The number of rotatable bonds is 9. The van der Waals surface area contributed by atoms with Gasteiger partial charge in [0.2, 0.25) is 5.88 Å². The Morgan fingerprint density at radius 1 is 1.24 bits per heavy atom. The molecule has 1 aromatic heterocycles. The van der Waals surface area contributed by atoms with Crippen molar-refractivity contribution in [2.45, 2.75) is 54.2 Å². The Balaban J connectivity index is 2.79. The van der Waals surface area contributed by atoms with Gasteiger partial charge in [-0.15, -0.1) is 0 Å². The maximum Gasteiger partial charge on any atom is 0.218 e. The van der Waals surface area contributed by atoms with E-state index < -0.39 is 0 Å². The first kappa shape index (κ1) is 17.9. The molecule has 1 aromatic rings. The fourth-order valence-corrected chi connectivity index (χ4v) is 2.14. The van der Waals surface area contributed by atoms with Crippen LogP contribution in [0, 0.1) is 19.8 Å². The maximum absolute atomic E-state index is 5.99. The average Bonchev–Trinajstić information content (AvgIpc) is 2.39. The molecular formula is C17H30N2O2. The lowest BCUT2D eigenvalue weighted by Crippen LogP contribution is -2.23. The van der Waals surface area contributed by atoms with Crippen LogP contribution in [0.4, 0.5) is 0 Å². The van der Waals surface area contributed by atoms with Crippen molar-refractivity contribution in [3.63, 3.8) is 0 Å². The zero-order chi connectivity index (χ0) is 15.8. The molecule has 1 unspecified atom stereocenters. The molecule has 4 nitrogen and oxygen atoms in total. The zero-order valence-electron chi connectivity index (χ0n) is 14.3. The van der Waals surface area contributed by atoms with Crippen molar-refractivity contribution in [3.8, 4) is 5.88 Å². The van der Waals surface area contributed by atoms with E-state index in [0.29, 0.717) is 19.1 Å². The Labute approximate surface area is 129 Å². The average molecular weight is 294 g/mol. The minimum atomic E-state index is 0.00231. The highest BCUT2D eigenvalue weighted by molar-refractivity contribution is 5.36. The topological polar surface area (TPSA) is 43.4 Å². The standard InChI is InChI=1S/C17H30N2O2/c1-7-20-11-15(6)21-17-16(10-18-9-12(2)3)13(4)8-14(5)19-17/h8,12,15,18H,7,9-11H2,1-6H3. The lowest BCUT2D eigenvalue weighted by atomic mass is 10.1. The van der Waals surface area contributed by atoms with Gasteiger partial charge < -0.3 is 14.8 Å². The Hall–Kier alpha value is -1.13. The number of hydrogen-bond donors (Lipinski definition) is 1. The molecule has 21 heavy (non-hydrogen) atoms. The molecule has 0 aliphatic heterocycles. The van der Waals surface area contributed by atoms with Gasteiger partial charge in [-0.25, -0.2) is 4.98 Å². The molecule has 1 heterocycles. The van der Waals surface area contributed by atoms with Crippen molar-refractivity contribution < 1.29 is 9.47 Å². The summed E-state index contributed by atoms with van der Waals surface area (Å²) in [6, 6.07) is 2.10. The summed E-state index contributed by atoms with van der Waals surface area (Å²) < 4.78 is 11.4. The van der Waals surface area contributed by atoms with Crippen LogP contribution in [0.5, 0.6) is 5.88 Å². The molecule has 0 fully saturated rings. The van der Waals surface area contributed by atoms with Crippen LogP contribution >= 0.6 is 0 Å². The Kier molecular flexibility index (Phi) is 7.68. The predicted molar refractivity (Wildman–Crippen MR) is 86.8 cm³/mol. The third-order valence-electron chi connectivity index (χ3n) is 3.16. The summed E-state index contributed by atoms with van der Waals surface area (Å²) in [5.41, 5.74) is 3.35. The number of hydrogen-bond acceptors (Lipinski definition) is 4. The van der Waals surface area contributed by atoms with E-state index in [9.17, 15) is 0 Å². The first-order chi connectivity index (χ1) is 9.93. The number of ether oxygens (including phenoxy) is 2. The number of nitrogens with zero attached hydrogens (tertiary/aromatic N) is 1. The van der Waals surface area contributed by atoms with Crippen molar-refractivity contribution in [3.05, 3.63) is 22.9 Å². The molecule has 0 spiro atoms. The second-order valence-electron chi connectivity index (χ2n) is 5.98. The summed E-state index contributed by atoms with van der Waals surface area (Å²) >= 11 is 0. The van der Waals surface area contributed by atoms with Gasteiger partial charge in [-0.05, 0) is 51.8 Å². The van der Waals surface area contributed by atoms with E-state index in [4.69, 9.17) is 9.47 Å². The Bertz CT molecular complexity index is 433. The number of pyridine rings is 1. The van der Waals surface area contributed by atoms with Gasteiger partial charge in [0.05, 0.1) is 6.61 Å². The monoisotopic (exact) mass is 294 g/mol. The summed E-state index contributed by atoms with van der Waals surface area (Å²) in [5.74, 6) is 1.36. The summed E-state index contributed by atoms with van der Waals surface area (Å²) in [4.78, 5) is 4.56. The van der Waals surface area contributed by atoms with Crippen LogP contribution in [-0.2, 0) is 11.3 Å². The van der Waals surface area contributed by atoms with E-state index in [-0.39, 0.29) is 6.10 Å². The molecule has 0 bridgehead atoms. The van der Waals surface area contributed by atoms with Crippen molar-refractivity contribution in [2.75, 3.05) is 19.8 Å². The van der Waals surface area contributed by atoms with E-state index in [2.05, 4.69) is 37.1 Å². The van der Waals surface area contributed by atoms with Crippen molar-refractivity contribution >= 4 is 0 Å². The molecule has 0 saturated carbocycles. The van der Waals surface area contributed by atoms with Crippen LogP contribution in [0.3, 0.4) is 0 Å². The zero-order valence-corrected chi connectivity index (χ0v) is 14.3. The van der Waals surface area contributed by atoms with E-state index >= 15 is 0 Å². The maximum atomic E-state index is 5.99. The Morgan fingerprint density at radius 2 is 1.95 bits per heavy atom. The van der Waals surface area contributed by atoms with Crippen LogP contribution in [0.15, 0.2) is 6.07 Å².